The number of hydrogen-bond acceptors (Lipinski definition) is 2. The van der Waals surface area contributed by atoms with Gasteiger partial charge in [0.05, 0.1) is 0 Å². The Hall–Kier alpha value is -1.65. The summed E-state index contributed by atoms with van der Waals surface area (Å²) in [5, 5.41) is 0. The second kappa shape index (κ2) is 5.44. The highest BCUT2D eigenvalue weighted by atomic mass is 19.2. The Bertz CT molecular complexity index is 399. The fourth-order valence-electron chi connectivity index (χ4n) is 1.18. The normalized spacial score (nSPS) is 11.1. The SMILES string of the molecule is CC(=O)C=C(OB(F)F)c1ccc(C)cc1. The fourth-order valence-corrected chi connectivity index (χ4v) is 1.18. The van der Waals surface area contributed by atoms with E-state index in [0.717, 1.165) is 11.6 Å². The van der Waals surface area contributed by atoms with Gasteiger partial charge in [0.25, 0.3) is 0 Å². The van der Waals surface area contributed by atoms with Gasteiger partial charge in [-0.2, -0.15) is 0 Å². The number of benzene rings is 1. The van der Waals surface area contributed by atoms with Crippen LogP contribution >= 0.6 is 0 Å². The summed E-state index contributed by atoms with van der Waals surface area (Å²) in [6.07, 6.45) is 1.05. The summed E-state index contributed by atoms with van der Waals surface area (Å²) in [5.74, 6) is -0.446. The van der Waals surface area contributed by atoms with Gasteiger partial charge in [-0.25, -0.2) is 8.63 Å². The van der Waals surface area contributed by atoms with E-state index < -0.39 is 7.47 Å². The third-order valence-electron chi connectivity index (χ3n) is 1.89. The third kappa shape index (κ3) is 3.84. The molecule has 0 unspecified atom stereocenters. The molecule has 84 valence electrons. The number of hydrogen-bond donors (Lipinski definition) is 0. The second-order valence-corrected chi connectivity index (χ2v) is 3.36. The van der Waals surface area contributed by atoms with Crippen LogP contribution in [0.2, 0.25) is 0 Å². The van der Waals surface area contributed by atoms with Gasteiger partial charge in [-0.1, -0.05) is 29.8 Å². The molecule has 0 spiro atoms. The van der Waals surface area contributed by atoms with E-state index in [-0.39, 0.29) is 11.5 Å². The minimum Gasteiger partial charge on any atom is -0.505 e. The molecule has 1 aromatic rings. The number of halogens is 2. The molecule has 0 aromatic heterocycles. The molecule has 0 saturated heterocycles. The van der Waals surface area contributed by atoms with Crippen LogP contribution in [0.4, 0.5) is 8.63 Å². The van der Waals surface area contributed by atoms with Crippen LogP contribution in [0.5, 0.6) is 0 Å². The summed E-state index contributed by atoms with van der Waals surface area (Å²) in [6.45, 7) is 3.16. The summed E-state index contributed by atoms with van der Waals surface area (Å²) in [6, 6.07) is 6.79. The monoisotopic (exact) mass is 224 g/mol. The van der Waals surface area contributed by atoms with E-state index in [1.807, 2.05) is 6.92 Å². The molecule has 0 aliphatic heterocycles. The summed E-state index contributed by atoms with van der Waals surface area (Å²) in [5.41, 5.74) is 1.46. The standard InChI is InChI=1S/C11H11BF2O2/c1-8-3-5-10(6-4-8)11(7-9(2)15)16-12(13)14/h3-7H,1-2H3. The molecule has 0 saturated carbocycles. The molecule has 1 aromatic carbocycles. The van der Waals surface area contributed by atoms with Gasteiger partial charge in [-0.3, -0.25) is 4.79 Å². The Morgan fingerprint density at radius 3 is 2.31 bits per heavy atom. The Morgan fingerprint density at radius 2 is 1.88 bits per heavy atom. The van der Waals surface area contributed by atoms with Crippen molar-refractivity contribution in [2.45, 2.75) is 13.8 Å². The van der Waals surface area contributed by atoms with Crippen LogP contribution in [0.1, 0.15) is 18.1 Å². The molecule has 0 N–H and O–H groups in total. The molecule has 0 heterocycles. The molecule has 0 bridgehead atoms. The molecular formula is C11H11BF2O2. The first-order valence-corrected chi connectivity index (χ1v) is 4.73. The molecule has 0 amide bonds. The molecule has 0 aliphatic rings. The Balaban J connectivity index is 3.01. The number of allylic oxidation sites excluding steroid dienone is 1. The summed E-state index contributed by atoms with van der Waals surface area (Å²) < 4.78 is 28.5. The number of rotatable bonds is 4. The molecule has 2 nitrogen and oxygen atoms in total. The number of carbonyl (C=O) groups is 1. The van der Waals surface area contributed by atoms with Crippen LogP contribution in [0.15, 0.2) is 30.3 Å². The largest absolute Gasteiger partial charge is 0.796 e. The van der Waals surface area contributed by atoms with E-state index >= 15 is 0 Å². The van der Waals surface area contributed by atoms with Crippen molar-refractivity contribution in [3.8, 4) is 0 Å². The van der Waals surface area contributed by atoms with E-state index in [9.17, 15) is 13.4 Å². The molecule has 0 aliphatic carbocycles. The quantitative estimate of drug-likeness (QED) is 0.446. The number of ketones is 1. The Labute approximate surface area is 93.1 Å². The van der Waals surface area contributed by atoms with E-state index in [2.05, 4.69) is 4.65 Å². The lowest BCUT2D eigenvalue weighted by Gasteiger charge is -2.08. The lowest BCUT2D eigenvalue weighted by Crippen LogP contribution is -2.05. The highest BCUT2D eigenvalue weighted by Crippen LogP contribution is 2.18. The first kappa shape index (κ1) is 12.4. The lowest BCUT2D eigenvalue weighted by molar-refractivity contribution is -0.112. The summed E-state index contributed by atoms with van der Waals surface area (Å²) >= 11 is 0. The molecule has 0 radical (unpaired) electrons. The maximum atomic E-state index is 12.1. The van der Waals surface area contributed by atoms with Crippen molar-refractivity contribution in [2.24, 2.45) is 0 Å². The molecule has 0 fully saturated rings. The van der Waals surface area contributed by atoms with E-state index in [1.54, 1.807) is 24.3 Å². The topological polar surface area (TPSA) is 26.3 Å². The average Bonchev–Trinajstić information content (AvgIpc) is 2.16. The lowest BCUT2D eigenvalue weighted by atomic mass is 10.1. The van der Waals surface area contributed by atoms with Crippen molar-refractivity contribution in [3.05, 3.63) is 41.5 Å². The highest BCUT2D eigenvalue weighted by molar-refractivity contribution is 6.36. The van der Waals surface area contributed by atoms with Crippen molar-refractivity contribution in [2.75, 3.05) is 0 Å². The Morgan fingerprint density at radius 1 is 1.31 bits per heavy atom. The zero-order valence-corrected chi connectivity index (χ0v) is 9.04. The van der Waals surface area contributed by atoms with Gasteiger partial charge in [-0.05, 0) is 13.8 Å². The van der Waals surface area contributed by atoms with Gasteiger partial charge in [0, 0.05) is 11.6 Å². The zero-order chi connectivity index (χ0) is 12.1. The number of carbonyl (C=O) groups excluding carboxylic acids is 1. The van der Waals surface area contributed by atoms with Crippen LogP contribution in [-0.4, -0.2) is 13.3 Å². The van der Waals surface area contributed by atoms with Gasteiger partial charge < -0.3 is 4.65 Å². The average molecular weight is 224 g/mol. The minimum atomic E-state index is -2.94. The van der Waals surface area contributed by atoms with Gasteiger partial charge in [0.1, 0.15) is 5.76 Å². The number of aryl methyl sites for hydroxylation is 1. The van der Waals surface area contributed by atoms with Crippen molar-refractivity contribution in [3.63, 3.8) is 0 Å². The van der Waals surface area contributed by atoms with Crippen LogP contribution in [-0.2, 0) is 9.45 Å². The summed E-state index contributed by atoms with van der Waals surface area (Å²) in [7, 11) is -2.94. The predicted molar refractivity (Wildman–Crippen MR) is 58.9 cm³/mol. The maximum Gasteiger partial charge on any atom is 0.796 e. The van der Waals surface area contributed by atoms with Crippen LogP contribution in [0.3, 0.4) is 0 Å². The fraction of sp³-hybridized carbons (Fsp3) is 0.182. The van der Waals surface area contributed by atoms with Gasteiger partial charge in [-0.15, -0.1) is 0 Å². The van der Waals surface area contributed by atoms with E-state index in [4.69, 9.17) is 0 Å². The third-order valence-corrected chi connectivity index (χ3v) is 1.89. The van der Waals surface area contributed by atoms with Crippen LogP contribution < -0.4 is 0 Å². The Kier molecular flexibility index (Phi) is 4.23. The first-order chi connectivity index (χ1) is 7.49. The van der Waals surface area contributed by atoms with E-state index in [1.165, 1.54) is 6.92 Å². The molecule has 16 heavy (non-hydrogen) atoms. The predicted octanol–water partition coefficient (Wildman–Crippen LogP) is 2.87. The minimum absolute atomic E-state index is 0.109. The molecular weight excluding hydrogens is 213 g/mol. The molecule has 5 heteroatoms. The van der Waals surface area contributed by atoms with Gasteiger partial charge in [0.15, 0.2) is 5.78 Å². The van der Waals surface area contributed by atoms with Crippen molar-refractivity contribution in [1.29, 1.82) is 0 Å². The van der Waals surface area contributed by atoms with Crippen molar-refractivity contribution < 1.29 is 18.1 Å². The second-order valence-electron chi connectivity index (χ2n) is 3.36. The maximum absolute atomic E-state index is 12.1. The molecule has 0 atom stereocenters. The zero-order valence-electron chi connectivity index (χ0n) is 9.04. The van der Waals surface area contributed by atoms with Crippen LogP contribution in [0, 0.1) is 6.92 Å². The van der Waals surface area contributed by atoms with Crippen molar-refractivity contribution >= 4 is 19.0 Å². The van der Waals surface area contributed by atoms with Crippen LogP contribution in [0.25, 0.3) is 5.76 Å². The molecule has 1 rings (SSSR count). The first-order valence-electron chi connectivity index (χ1n) is 4.73. The highest BCUT2D eigenvalue weighted by Gasteiger charge is 2.20. The van der Waals surface area contributed by atoms with E-state index in [0.29, 0.717) is 5.56 Å². The van der Waals surface area contributed by atoms with Gasteiger partial charge in [0.2, 0.25) is 0 Å². The smallest absolute Gasteiger partial charge is 0.505 e. The summed E-state index contributed by atoms with van der Waals surface area (Å²) in [4.78, 5) is 10.9. The van der Waals surface area contributed by atoms with Crippen molar-refractivity contribution in [1.82, 2.24) is 0 Å². The van der Waals surface area contributed by atoms with Gasteiger partial charge >= 0.3 is 7.47 Å².